The summed E-state index contributed by atoms with van der Waals surface area (Å²) in [5, 5.41) is 8.78. The number of carboxylic acid groups (broad SMARTS) is 1. The fourth-order valence-electron chi connectivity index (χ4n) is 2.21. The van der Waals surface area contributed by atoms with Gasteiger partial charge in [-0.3, -0.25) is 14.5 Å². The zero-order valence-electron chi connectivity index (χ0n) is 13.9. The second-order valence-corrected chi connectivity index (χ2v) is 6.60. The second-order valence-electron chi connectivity index (χ2n) is 4.93. The van der Waals surface area contributed by atoms with Crippen molar-refractivity contribution in [3.05, 3.63) is 22.6 Å². The van der Waals surface area contributed by atoms with Gasteiger partial charge in [-0.15, -0.1) is 0 Å². The van der Waals surface area contributed by atoms with Crippen molar-refractivity contribution < 1.29 is 28.9 Å². The number of ether oxygens (including phenoxy) is 3. The van der Waals surface area contributed by atoms with E-state index in [0.717, 1.165) is 11.8 Å². The molecule has 9 heteroatoms. The third-order valence-corrected chi connectivity index (χ3v) is 4.82. The number of thiocarbonyl (C=S) groups is 1. The number of carbonyl (C=O) groups is 2. The fourth-order valence-corrected chi connectivity index (χ4v) is 3.51. The van der Waals surface area contributed by atoms with Crippen LogP contribution in [-0.4, -0.2) is 54.1 Å². The van der Waals surface area contributed by atoms with Crippen LogP contribution in [0.1, 0.15) is 12.0 Å². The highest BCUT2D eigenvalue weighted by Gasteiger charge is 2.32. The summed E-state index contributed by atoms with van der Waals surface area (Å²) in [5.41, 5.74) is 0.624. The van der Waals surface area contributed by atoms with E-state index in [2.05, 4.69) is 0 Å². The fraction of sp³-hybridized carbons (Fsp3) is 0.312. The number of carbonyl (C=O) groups excluding carboxylic acids is 1. The lowest BCUT2D eigenvalue weighted by atomic mass is 10.1. The number of aliphatic carboxylic acids is 1. The second kappa shape index (κ2) is 8.21. The summed E-state index contributed by atoms with van der Waals surface area (Å²) < 4.78 is 16.2. The van der Waals surface area contributed by atoms with Gasteiger partial charge in [0.25, 0.3) is 5.91 Å². The van der Waals surface area contributed by atoms with Crippen LogP contribution in [0, 0.1) is 0 Å². The molecule has 1 N–H and O–H groups in total. The summed E-state index contributed by atoms with van der Waals surface area (Å²) in [6, 6.07) is 3.36. The molecule has 1 saturated heterocycles. The van der Waals surface area contributed by atoms with E-state index >= 15 is 0 Å². The molecule has 1 amide bonds. The summed E-state index contributed by atoms with van der Waals surface area (Å²) in [4.78, 5) is 24.9. The van der Waals surface area contributed by atoms with Gasteiger partial charge in [0.2, 0.25) is 0 Å². The highest BCUT2D eigenvalue weighted by molar-refractivity contribution is 8.26. The molecule has 134 valence electrons. The van der Waals surface area contributed by atoms with E-state index in [-0.39, 0.29) is 18.9 Å². The van der Waals surface area contributed by atoms with Crippen molar-refractivity contribution in [2.24, 2.45) is 0 Å². The van der Waals surface area contributed by atoms with Gasteiger partial charge in [0, 0.05) is 18.2 Å². The van der Waals surface area contributed by atoms with Crippen molar-refractivity contribution in [3.8, 4) is 17.2 Å². The molecule has 1 fully saturated rings. The van der Waals surface area contributed by atoms with E-state index in [1.165, 1.54) is 26.2 Å². The Morgan fingerprint density at radius 2 is 1.80 bits per heavy atom. The average molecular weight is 383 g/mol. The molecule has 1 heterocycles. The smallest absolute Gasteiger partial charge is 0.305 e. The number of nitrogens with zero attached hydrogens (tertiary/aromatic N) is 1. The molecular formula is C16H17NO6S2. The van der Waals surface area contributed by atoms with Crippen molar-refractivity contribution in [2.75, 3.05) is 27.9 Å². The Balaban J connectivity index is 2.35. The first kappa shape index (κ1) is 19.1. The normalized spacial score (nSPS) is 15.6. The van der Waals surface area contributed by atoms with E-state index < -0.39 is 5.97 Å². The average Bonchev–Trinajstić information content (AvgIpc) is 2.85. The minimum atomic E-state index is -0.986. The number of hydrogen-bond donors (Lipinski definition) is 1. The molecule has 1 aromatic rings. The number of amides is 1. The highest BCUT2D eigenvalue weighted by atomic mass is 32.2. The first-order chi connectivity index (χ1) is 11.9. The van der Waals surface area contributed by atoms with Gasteiger partial charge in [-0.05, 0) is 12.1 Å². The molecule has 0 aliphatic carbocycles. The van der Waals surface area contributed by atoms with E-state index in [0.29, 0.717) is 32.0 Å². The van der Waals surface area contributed by atoms with Gasteiger partial charge in [-0.25, -0.2) is 0 Å². The van der Waals surface area contributed by atoms with Gasteiger partial charge < -0.3 is 19.3 Å². The van der Waals surface area contributed by atoms with Crippen LogP contribution in [-0.2, 0) is 9.59 Å². The zero-order valence-corrected chi connectivity index (χ0v) is 15.5. The van der Waals surface area contributed by atoms with Crippen LogP contribution in [0.3, 0.4) is 0 Å². The number of rotatable bonds is 7. The van der Waals surface area contributed by atoms with Gasteiger partial charge in [0.05, 0.1) is 32.7 Å². The molecule has 0 spiro atoms. The minimum Gasteiger partial charge on any atom is -0.496 e. The molecule has 25 heavy (non-hydrogen) atoms. The van der Waals surface area contributed by atoms with Crippen LogP contribution in [0.4, 0.5) is 0 Å². The van der Waals surface area contributed by atoms with Crippen molar-refractivity contribution >= 4 is 46.3 Å². The third-order valence-electron chi connectivity index (χ3n) is 3.45. The van der Waals surface area contributed by atoms with Crippen LogP contribution >= 0.6 is 24.0 Å². The summed E-state index contributed by atoms with van der Waals surface area (Å²) in [6.07, 6.45) is 1.47. The summed E-state index contributed by atoms with van der Waals surface area (Å²) in [5.74, 6) is 0.197. The molecule has 0 saturated carbocycles. The first-order valence-corrected chi connectivity index (χ1v) is 8.41. The molecule has 1 aromatic carbocycles. The van der Waals surface area contributed by atoms with Crippen LogP contribution in [0.25, 0.3) is 6.08 Å². The van der Waals surface area contributed by atoms with Crippen molar-refractivity contribution in [3.63, 3.8) is 0 Å². The number of thioether (sulfide) groups is 1. The quantitative estimate of drug-likeness (QED) is 0.567. The zero-order chi connectivity index (χ0) is 18.6. The Hall–Kier alpha value is -2.26. The van der Waals surface area contributed by atoms with Gasteiger partial charge in [0.1, 0.15) is 10.1 Å². The topological polar surface area (TPSA) is 85.3 Å². The molecule has 0 aromatic heterocycles. The first-order valence-electron chi connectivity index (χ1n) is 7.18. The van der Waals surface area contributed by atoms with Crippen LogP contribution < -0.4 is 14.2 Å². The van der Waals surface area contributed by atoms with E-state index in [1.54, 1.807) is 18.2 Å². The molecule has 7 nitrogen and oxygen atoms in total. The number of benzene rings is 1. The summed E-state index contributed by atoms with van der Waals surface area (Å²) in [7, 11) is 4.54. The molecule has 0 unspecified atom stereocenters. The van der Waals surface area contributed by atoms with Gasteiger partial charge in [0.15, 0.2) is 11.5 Å². The number of carboxylic acids is 1. The maximum absolute atomic E-state index is 12.5. The maximum atomic E-state index is 12.5. The Labute approximate surface area is 154 Å². The third kappa shape index (κ3) is 4.23. The predicted molar refractivity (Wildman–Crippen MR) is 98.2 cm³/mol. The lowest BCUT2D eigenvalue weighted by Gasteiger charge is -2.13. The lowest BCUT2D eigenvalue weighted by molar-refractivity contribution is -0.137. The van der Waals surface area contributed by atoms with Crippen molar-refractivity contribution in [1.29, 1.82) is 0 Å². The Kier molecular flexibility index (Phi) is 6.27. The predicted octanol–water partition coefficient (Wildman–Crippen LogP) is 2.39. The van der Waals surface area contributed by atoms with E-state index in [4.69, 9.17) is 31.5 Å². The molecule has 0 atom stereocenters. The summed E-state index contributed by atoms with van der Waals surface area (Å²) >= 11 is 6.29. The van der Waals surface area contributed by atoms with Crippen LogP contribution in [0.2, 0.25) is 0 Å². The van der Waals surface area contributed by atoms with Gasteiger partial charge >= 0.3 is 5.97 Å². The molecular weight excluding hydrogens is 366 g/mol. The molecule has 0 radical (unpaired) electrons. The number of methoxy groups -OCH3 is 3. The number of hydrogen-bond acceptors (Lipinski definition) is 7. The van der Waals surface area contributed by atoms with Gasteiger partial charge in [-0.2, -0.15) is 0 Å². The van der Waals surface area contributed by atoms with Crippen molar-refractivity contribution in [1.82, 2.24) is 4.90 Å². The summed E-state index contributed by atoms with van der Waals surface area (Å²) in [6.45, 7) is 0.0421. The maximum Gasteiger partial charge on any atom is 0.305 e. The Morgan fingerprint density at radius 1 is 1.20 bits per heavy atom. The molecule has 2 rings (SSSR count). The Bertz CT molecular complexity index is 746. The molecule has 1 aliphatic heterocycles. The van der Waals surface area contributed by atoms with E-state index in [1.807, 2.05) is 0 Å². The van der Waals surface area contributed by atoms with E-state index in [9.17, 15) is 9.59 Å². The molecule has 0 bridgehead atoms. The SMILES string of the molecule is COc1cc(OC)c(OC)cc1/C=C1/SC(=S)N(CCC(=O)O)C1=O. The largest absolute Gasteiger partial charge is 0.496 e. The monoisotopic (exact) mass is 383 g/mol. The minimum absolute atomic E-state index is 0.0421. The Morgan fingerprint density at radius 3 is 2.36 bits per heavy atom. The standard InChI is InChI=1S/C16H17NO6S2/c1-21-10-8-12(23-3)11(22-2)6-9(10)7-13-15(20)17(16(24)25-13)5-4-14(18)19/h6-8H,4-5H2,1-3H3,(H,18,19)/b13-7+. The highest BCUT2D eigenvalue weighted by Crippen LogP contribution is 2.38. The van der Waals surface area contributed by atoms with Crippen LogP contribution in [0.5, 0.6) is 17.2 Å². The van der Waals surface area contributed by atoms with Crippen LogP contribution in [0.15, 0.2) is 17.0 Å². The molecule has 1 aliphatic rings. The lowest BCUT2D eigenvalue weighted by Crippen LogP contribution is -2.30. The van der Waals surface area contributed by atoms with Gasteiger partial charge in [-0.1, -0.05) is 24.0 Å². The van der Waals surface area contributed by atoms with Crippen molar-refractivity contribution in [2.45, 2.75) is 6.42 Å².